The first-order valence-corrected chi connectivity index (χ1v) is 10.6. The Morgan fingerprint density at radius 2 is 1.86 bits per heavy atom. The molecule has 3 aromatic rings. The molecule has 1 aromatic heterocycles. The number of hydrogen-bond acceptors (Lipinski definition) is 4. The van der Waals surface area contributed by atoms with Crippen LogP contribution in [0, 0.1) is 5.82 Å². The molecular weight excluding hydrogens is 397 g/mol. The lowest BCUT2D eigenvalue weighted by atomic mass is 10.1. The SMILES string of the molecule is O=C(c1cc(Cn2c(=O)[nH]c(=O)c3ccccc32)ccc1F)N1CC[S+]([O-])CC1. The molecule has 4 rings (SSSR count). The van der Waals surface area contributed by atoms with Gasteiger partial charge in [0, 0.05) is 0 Å². The number of fused-ring (bicyclic) bond motifs is 1. The van der Waals surface area contributed by atoms with Crippen molar-refractivity contribution in [3.8, 4) is 0 Å². The number of nitrogens with one attached hydrogen (secondary N) is 1. The molecular formula is C20H18FN3O4S. The topological polar surface area (TPSA) is 98.2 Å². The summed E-state index contributed by atoms with van der Waals surface area (Å²) in [5.74, 6) is -0.346. The summed E-state index contributed by atoms with van der Waals surface area (Å²) in [6, 6.07) is 10.8. The molecule has 7 nitrogen and oxygen atoms in total. The van der Waals surface area contributed by atoms with Crippen LogP contribution in [0.1, 0.15) is 15.9 Å². The lowest BCUT2D eigenvalue weighted by Crippen LogP contribution is -2.44. The van der Waals surface area contributed by atoms with Crippen molar-refractivity contribution in [1.82, 2.24) is 14.5 Å². The van der Waals surface area contributed by atoms with Crippen molar-refractivity contribution >= 4 is 28.0 Å². The zero-order valence-corrected chi connectivity index (χ0v) is 16.2. The molecule has 150 valence electrons. The fourth-order valence-electron chi connectivity index (χ4n) is 3.43. The first-order chi connectivity index (χ1) is 13.9. The lowest BCUT2D eigenvalue weighted by molar-refractivity contribution is 0.0765. The number of halogens is 1. The Kier molecular flexibility index (Phi) is 5.25. The van der Waals surface area contributed by atoms with Crippen LogP contribution in [0.15, 0.2) is 52.1 Å². The number of rotatable bonds is 3. The Morgan fingerprint density at radius 1 is 1.14 bits per heavy atom. The van der Waals surface area contributed by atoms with E-state index in [1.54, 1.807) is 24.3 Å². The highest BCUT2D eigenvalue weighted by Gasteiger charge is 2.26. The van der Waals surface area contributed by atoms with E-state index in [1.807, 2.05) is 0 Å². The molecule has 0 spiro atoms. The van der Waals surface area contributed by atoms with Gasteiger partial charge in [0.05, 0.1) is 36.1 Å². The van der Waals surface area contributed by atoms with Crippen LogP contribution in [-0.2, 0) is 17.7 Å². The fraction of sp³-hybridized carbons (Fsp3) is 0.250. The number of amides is 1. The summed E-state index contributed by atoms with van der Waals surface area (Å²) < 4.78 is 27.2. The highest BCUT2D eigenvalue weighted by atomic mass is 32.2. The fourth-order valence-corrected chi connectivity index (χ4v) is 4.48. The van der Waals surface area contributed by atoms with Crippen molar-refractivity contribution in [2.24, 2.45) is 0 Å². The van der Waals surface area contributed by atoms with Gasteiger partial charge < -0.3 is 9.45 Å². The third-order valence-corrected chi connectivity index (χ3v) is 6.25. The van der Waals surface area contributed by atoms with E-state index < -0.39 is 34.1 Å². The molecule has 0 aliphatic carbocycles. The number of aromatic amines is 1. The highest BCUT2D eigenvalue weighted by Crippen LogP contribution is 2.17. The lowest BCUT2D eigenvalue weighted by Gasteiger charge is -2.28. The predicted molar refractivity (Wildman–Crippen MR) is 108 cm³/mol. The Bertz CT molecular complexity index is 1200. The molecule has 1 amide bonds. The average Bonchev–Trinajstić information content (AvgIpc) is 2.72. The van der Waals surface area contributed by atoms with E-state index in [9.17, 15) is 23.3 Å². The maximum absolute atomic E-state index is 14.4. The second kappa shape index (κ2) is 7.84. The maximum Gasteiger partial charge on any atom is 0.329 e. The van der Waals surface area contributed by atoms with Gasteiger partial charge in [0.15, 0.2) is 0 Å². The Hall–Kier alpha value is -2.91. The summed E-state index contributed by atoms with van der Waals surface area (Å²) >= 11 is -0.943. The van der Waals surface area contributed by atoms with Gasteiger partial charge in [-0.1, -0.05) is 29.4 Å². The van der Waals surface area contributed by atoms with Crippen molar-refractivity contribution in [3.63, 3.8) is 0 Å². The van der Waals surface area contributed by atoms with Gasteiger partial charge in [0.25, 0.3) is 11.5 Å². The van der Waals surface area contributed by atoms with Crippen molar-refractivity contribution in [2.45, 2.75) is 6.54 Å². The van der Waals surface area contributed by atoms with Gasteiger partial charge in [-0.15, -0.1) is 0 Å². The van der Waals surface area contributed by atoms with Gasteiger partial charge >= 0.3 is 5.69 Å². The molecule has 1 fully saturated rings. The van der Waals surface area contributed by atoms with Gasteiger partial charge in [0.2, 0.25) is 0 Å². The molecule has 1 saturated heterocycles. The van der Waals surface area contributed by atoms with Crippen LogP contribution >= 0.6 is 0 Å². The van der Waals surface area contributed by atoms with Gasteiger partial charge in [-0.05, 0) is 29.8 Å². The Balaban J connectivity index is 1.69. The molecule has 0 radical (unpaired) electrons. The molecule has 1 aliphatic heterocycles. The van der Waals surface area contributed by atoms with Crippen LogP contribution in [0.5, 0.6) is 0 Å². The minimum Gasteiger partial charge on any atom is -0.616 e. The molecule has 2 heterocycles. The van der Waals surface area contributed by atoms with Gasteiger partial charge in [-0.2, -0.15) is 0 Å². The zero-order chi connectivity index (χ0) is 20.5. The van der Waals surface area contributed by atoms with Crippen molar-refractivity contribution in [2.75, 3.05) is 24.6 Å². The summed E-state index contributed by atoms with van der Waals surface area (Å²) in [4.78, 5) is 40.9. The summed E-state index contributed by atoms with van der Waals surface area (Å²) in [5.41, 5.74) is -0.132. The van der Waals surface area contributed by atoms with Crippen LogP contribution in [-0.4, -0.2) is 49.5 Å². The van der Waals surface area contributed by atoms with E-state index in [0.29, 0.717) is 41.1 Å². The van der Waals surface area contributed by atoms with Gasteiger partial charge in [0.1, 0.15) is 17.3 Å². The van der Waals surface area contributed by atoms with Crippen LogP contribution in [0.4, 0.5) is 4.39 Å². The van der Waals surface area contributed by atoms with E-state index in [0.717, 1.165) is 0 Å². The maximum atomic E-state index is 14.4. The second-order valence-electron chi connectivity index (χ2n) is 6.82. The van der Waals surface area contributed by atoms with Crippen LogP contribution in [0.25, 0.3) is 10.9 Å². The molecule has 0 atom stereocenters. The summed E-state index contributed by atoms with van der Waals surface area (Å²) in [7, 11) is 0. The van der Waals surface area contributed by atoms with Crippen LogP contribution in [0.2, 0.25) is 0 Å². The van der Waals surface area contributed by atoms with E-state index in [4.69, 9.17) is 0 Å². The predicted octanol–water partition coefficient (Wildman–Crippen LogP) is 1.08. The van der Waals surface area contributed by atoms with Crippen LogP contribution in [0.3, 0.4) is 0 Å². The van der Waals surface area contributed by atoms with E-state index in [2.05, 4.69) is 4.98 Å². The van der Waals surface area contributed by atoms with E-state index >= 15 is 0 Å². The van der Waals surface area contributed by atoms with Crippen molar-refractivity contribution in [1.29, 1.82) is 0 Å². The number of para-hydroxylation sites is 1. The zero-order valence-electron chi connectivity index (χ0n) is 15.4. The number of hydrogen-bond donors (Lipinski definition) is 1. The third kappa shape index (κ3) is 3.83. The number of aromatic nitrogens is 2. The minimum absolute atomic E-state index is 0.0701. The molecule has 9 heteroatoms. The van der Waals surface area contributed by atoms with E-state index in [1.165, 1.54) is 27.7 Å². The van der Waals surface area contributed by atoms with Crippen molar-refractivity contribution in [3.05, 3.63) is 80.2 Å². The average molecular weight is 415 g/mol. The first-order valence-electron chi connectivity index (χ1n) is 9.08. The molecule has 0 unspecified atom stereocenters. The first kappa shape index (κ1) is 19.4. The van der Waals surface area contributed by atoms with Gasteiger partial charge in [-0.25, -0.2) is 9.18 Å². The third-order valence-electron chi connectivity index (χ3n) is 4.97. The largest absolute Gasteiger partial charge is 0.616 e. The monoisotopic (exact) mass is 415 g/mol. The van der Waals surface area contributed by atoms with Crippen molar-refractivity contribution < 1.29 is 13.7 Å². The van der Waals surface area contributed by atoms with Gasteiger partial charge in [-0.3, -0.25) is 19.1 Å². The number of carbonyl (C=O) groups excluding carboxylic acids is 1. The van der Waals surface area contributed by atoms with E-state index in [-0.39, 0.29) is 12.1 Å². The smallest absolute Gasteiger partial charge is 0.329 e. The highest BCUT2D eigenvalue weighted by molar-refractivity contribution is 7.91. The van der Waals surface area contributed by atoms with Crippen LogP contribution < -0.4 is 11.2 Å². The molecule has 2 aromatic carbocycles. The molecule has 1 N–H and O–H groups in total. The Labute approximate surface area is 168 Å². The second-order valence-corrected chi connectivity index (χ2v) is 8.51. The summed E-state index contributed by atoms with van der Waals surface area (Å²) in [5, 5.41) is 0.367. The molecule has 0 saturated carbocycles. The quantitative estimate of drug-likeness (QED) is 0.648. The minimum atomic E-state index is -0.943. The number of nitrogens with zero attached hydrogens (tertiary/aromatic N) is 2. The summed E-state index contributed by atoms with van der Waals surface area (Å²) in [6.45, 7) is 0.707. The number of H-pyrrole nitrogens is 1. The molecule has 29 heavy (non-hydrogen) atoms. The number of carbonyl (C=O) groups is 1. The Morgan fingerprint density at radius 3 is 2.62 bits per heavy atom. The molecule has 0 bridgehead atoms. The number of benzene rings is 2. The normalized spacial score (nSPS) is 15.0. The molecule has 1 aliphatic rings. The summed E-state index contributed by atoms with van der Waals surface area (Å²) in [6.07, 6.45) is 0. The standard InChI is InChI=1S/C20H18FN3O4S/c21-16-6-5-13(11-15(16)19(26)23-7-9-29(28)10-8-23)12-24-17-4-2-1-3-14(17)18(25)22-20(24)27/h1-6,11H,7-10,12H2,(H,22,25,27).